The molecule has 5 aliphatic rings. The molecule has 32 heavy (non-hydrogen) atoms. The normalized spacial score (nSPS) is 56.3. The molecule has 0 saturated heterocycles. The molecule has 0 radical (unpaired) electrons. The number of fused-ring (bicyclic) bond motifs is 7. The molecule has 5 fully saturated rings. The summed E-state index contributed by atoms with van der Waals surface area (Å²) in [7, 11) is 0. The van der Waals surface area contributed by atoms with E-state index < -0.39 is 0 Å². The van der Waals surface area contributed by atoms with Gasteiger partial charge in [0.05, 0.1) is 6.10 Å². The summed E-state index contributed by atoms with van der Waals surface area (Å²) in [6.07, 6.45) is 13.8. The van der Waals surface area contributed by atoms with Crippen molar-refractivity contribution in [3.8, 4) is 0 Å². The summed E-state index contributed by atoms with van der Waals surface area (Å²) in [6, 6.07) is 0. The van der Waals surface area contributed by atoms with Crippen LogP contribution in [0, 0.1) is 56.2 Å². The number of aliphatic hydroxyl groups is 2. The van der Waals surface area contributed by atoms with Crippen molar-refractivity contribution in [2.75, 3.05) is 6.61 Å². The smallest absolute Gasteiger partial charge is 0.0594 e. The molecule has 0 aromatic heterocycles. The molecule has 0 bridgehead atoms. The van der Waals surface area contributed by atoms with Gasteiger partial charge in [-0.1, -0.05) is 48.5 Å². The third-order valence-corrected chi connectivity index (χ3v) is 13.5. The molecule has 0 amide bonds. The molecule has 9 unspecified atom stereocenters. The fraction of sp³-hybridized carbons (Fsp3) is 1.00. The van der Waals surface area contributed by atoms with E-state index in [0.29, 0.717) is 40.1 Å². The highest BCUT2D eigenvalue weighted by molar-refractivity contribution is 5.18. The molecule has 184 valence electrons. The van der Waals surface area contributed by atoms with E-state index in [0.717, 1.165) is 18.3 Å². The number of hydrogen-bond acceptors (Lipinski definition) is 2. The first-order valence-electron chi connectivity index (χ1n) is 14.0. The van der Waals surface area contributed by atoms with Crippen LogP contribution in [0.2, 0.25) is 0 Å². The van der Waals surface area contributed by atoms with Crippen molar-refractivity contribution in [1.29, 1.82) is 0 Å². The molecule has 0 aliphatic heterocycles. The number of rotatable bonds is 1. The summed E-state index contributed by atoms with van der Waals surface area (Å²) < 4.78 is 0. The van der Waals surface area contributed by atoms with Gasteiger partial charge in [0.15, 0.2) is 0 Å². The highest BCUT2D eigenvalue weighted by Gasteiger charge is 2.69. The van der Waals surface area contributed by atoms with Gasteiger partial charge in [-0.2, -0.15) is 0 Å². The Labute approximate surface area is 198 Å². The van der Waals surface area contributed by atoms with E-state index in [-0.39, 0.29) is 16.9 Å². The van der Waals surface area contributed by atoms with Gasteiger partial charge in [-0.25, -0.2) is 0 Å². The third-order valence-electron chi connectivity index (χ3n) is 13.5. The summed E-state index contributed by atoms with van der Waals surface area (Å²) in [5.41, 5.74) is 1.80. The molecule has 5 saturated carbocycles. The predicted molar refractivity (Wildman–Crippen MR) is 132 cm³/mol. The minimum Gasteiger partial charge on any atom is -0.396 e. The lowest BCUT2D eigenvalue weighted by atomic mass is 9.32. The molecular weight excluding hydrogens is 392 g/mol. The Morgan fingerprint density at radius 1 is 0.594 bits per heavy atom. The first-order chi connectivity index (χ1) is 14.8. The molecular formula is C30H52O2. The largest absolute Gasteiger partial charge is 0.396 e. The van der Waals surface area contributed by atoms with Crippen LogP contribution in [0.1, 0.15) is 119 Å². The molecule has 2 nitrogen and oxygen atoms in total. The zero-order valence-corrected chi connectivity index (χ0v) is 22.3. The molecule has 0 aromatic rings. The Morgan fingerprint density at radius 2 is 1.09 bits per heavy atom. The van der Waals surface area contributed by atoms with Crippen LogP contribution in [-0.4, -0.2) is 22.9 Å². The van der Waals surface area contributed by atoms with Crippen LogP contribution in [0.25, 0.3) is 0 Å². The Bertz CT molecular complexity index is 756. The maximum Gasteiger partial charge on any atom is 0.0594 e. The summed E-state index contributed by atoms with van der Waals surface area (Å²) in [5, 5.41) is 21.6. The minimum absolute atomic E-state index is 0.0427. The van der Waals surface area contributed by atoms with E-state index in [1.54, 1.807) is 0 Å². The topological polar surface area (TPSA) is 40.5 Å². The second-order valence-corrected chi connectivity index (χ2v) is 15.6. The van der Waals surface area contributed by atoms with Crippen molar-refractivity contribution < 1.29 is 10.2 Å². The fourth-order valence-electron chi connectivity index (χ4n) is 11.7. The standard InChI is InChI=1S/C30H52O2/c1-25(2)16-17-30(19-31)15-10-22-28(6)12-8-20-26(3,4)24(32)11-14-27(20,5)21(28)9-13-29(22,7)23(30)18-25/h20-24,31-32H,8-19H2,1-7H3. The first-order valence-corrected chi connectivity index (χ1v) is 14.0. The van der Waals surface area contributed by atoms with Crippen LogP contribution in [-0.2, 0) is 0 Å². The minimum atomic E-state index is -0.136. The van der Waals surface area contributed by atoms with Crippen molar-refractivity contribution in [3.63, 3.8) is 0 Å². The van der Waals surface area contributed by atoms with E-state index in [1.807, 2.05) is 0 Å². The zero-order chi connectivity index (χ0) is 23.4. The van der Waals surface area contributed by atoms with Crippen LogP contribution in [0.3, 0.4) is 0 Å². The van der Waals surface area contributed by atoms with Gasteiger partial charge in [0, 0.05) is 6.61 Å². The maximum absolute atomic E-state index is 10.9. The van der Waals surface area contributed by atoms with Gasteiger partial charge >= 0.3 is 0 Å². The quantitative estimate of drug-likeness (QED) is 0.448. The van der Waals surface area contributed by atoms with E-state index in [4.69, 9.17) is 0 Å². The maximum atomic E-state index is 10.9. The van der Waals surface area contributed by atoms with Crippen LogP contribution < -0.4 is 0 Å². The van der Waals surface area contributed by atoms with Gasteiger partial charge in [0.2, 0.25) is 0 Å². The summed E-state index contributed by atoms with van der Waals surface area (Å²) in [5.74, 6) is 2.90. The van der Waals surface area contributed by atoms with Gasteiger partial charge < -0.3 is 10.2 Å². The lowest BCUT2D eigenvalue weighted by Crippen LogP contribution is -2.66. The molecule has 2 heteroatoms. The fourth-order valence-corrected chi connectivity index (χ4v) is 11.7. The van der Waals surface area contributed by atoms with E-state index in [9.17, 15) is 10.2 Å². The molecule has 0 spiro atoms. The van der Waals surface area contributed by atoms with E-state index in [2.05, 4.69) is 48.5 Å². The first kappa shape index (κ1) is 23.7. The predicted octanol–water partition coefficient (Wildman–Crippen LogP) is 7.22. The van der Waals surface area contributed by atoms with Crippen LogP contribution in [0.5, 0.6) is 0 Å². The molecule has 5 aliphatic carbocycles. The Kier molecular flexibility index (Phi) is 5.17. The molecule has 9 atom stereocenters. The third kappa shape index (κ3) is 2.90. The Morgan fingerprint density at radius 3 is 1.72 bits per heavy atom. The molecule has 2 N–H and O–H groups in total. The average Bonchev–Trinajstić information content (AvgIpc) is 2.71. The van der Waals surface area contributed by atoms with Crippen LogP contribution in [0.15, 0.2) is 0 Å². The Balaban J connectivity index is 1.52. The zero-order valence-electron chi connectivity index (χ0n) is 22.3. The van der Waals surface area contributed by atoms with Crippen molar-refractivity contribution in [2.24, 2.45) is 56.2 Å². The number of aliphatic hydroxyl groups excluding tert-OH is 2. The average molecular weight is 445 g/mol. The van der Waals surface area contributed by atoms with Crippen molar-refractivity contribution in [3.05, 3.63) is 0 Å². The SMILES string of the molecule is CC1(C)CCC2(CO)CCC3C(C)(CCC4C5(C)CCC(O)C(C)(C)C5CCC34C)C2C1. The lowest BCUT2D eigenvalue weighted by Gasteiger charge is -2.73. The monoisotopic (exact) mass is 444 g/mol. The highest BCUT2D eigenvalue weighted by atomic mass is 16.3. The second-order valence-electron chi connectivity index (χ2n) is 15.6. The highest BCUT2D eigenvalue weighted by Crippen LogP contribution is 2.76. The molecule has 5 rings (SSSR count). The van der Waals surface area contributed by atoms with Crippen molar-refractivity contribution in [1.82, 2.24) is 0 Å². The second kappa shape index (κ2) is 6.99. The van der Waals surface area contributed by atoms with Gasteiger partial charge in [-0.3, -0.25) is 0 Å². The van der Waals surface area contributed by atoms with E-state index >= 15 is 0 Å². The van der Waals surface area contributed by atoms with Gasteiger partial charge in [0.25, 0.3) is 0 Å². The van der Waals surface area contributed by atoms with Crippen molar-refractivity contribution >= 4 is 0 Å². The molecule has 0 heterocycles. The van der Waals surface area contributed by atoms with Gasteiger partial charge in [-0.15, -0.1) is 0 Å². The number of hydrogen-bond donors (Lipinski definition) is 2. The van der Waals surface area contributed by atoms with Crippen LogP contribution in [0.4, 0.5) is 0 Å². The van der Waals surface area contributed by atoms with Gasteiger partial charge in [-0.05, 0) is 127 Å². The summed E-state index contributed by atoms with van der Waals surface area (Å²) in [4.78, 5) is 0. The summed E-state index contributed by atoms with van der Waals surface area (Å²) in [6.45, 7) is 18.1. The van der Waals surface area contributed by atoms with Gasteiger partial charge in [0.1, 0.15) is 0 Å². The van der Waals surface area contributed by atoms with Crippen LogP contribution >= 0.6 is 0 Å². The molecule has 0 aromatic carbocycles. The van der Waals surface area contributed by atoms with Crippen molar-refractivity contribution in [2.45, 2.75) is 125 Å². The Hall–Kier alpha value is -0.0800. The lowest BCUT2D eigenvalue weighted by molar-refractivity contribution is -0.250. The summed E-state index contributed by atoms with van der Waals surface area (Å²) >= 11 is 0. The van der Waals surface area contributed by atoms with E-state index in [1.165, 1.54) is 64.2 Å².